The van der Waals surface area contributed by atoms with Crippen molar-refractivity contribution in [2.24, 2.45) is 0 Å². The molecule has 0 aliphatic heterocycles. The Hall–Kier alpha value is -0.856. The smallest absolute Gasteiger partial charge is 0.0389 e. The van der Waals surface area contributed by atoms with E-state index in [1.54, 1.807) is 6.08 Å². The van der Waals surface area contributed by atoms with Crippen molar-refractivity contribution in [1.82, 2.24) is 4.98 Å². The molecule has 1 aromatic rings. The predicted molar refractivity (Wildman–Crippen MR) is 53.1 cm³/mol. The van der Waals surface area contributed by atoms with Crippen LogP contribution in [0, 0.1) is 6.92 Å². The summed E-state index contributed by atoms with van der Waals surface area (Å²) in [6, 6.07) is 3.90. The summed E-state index contributed by atoms with van der Waals surface area (Å²) < 4.78 is 0. The number of pyridine rings is 1. The quantitative estimate of drug-likeness (QED) is 0.734. The average molecular weight is 225 g/mol. The Balaban J connectivity index is 0.00000169. The number of aryl methyl sites for hydroxylation is 2. The molecule has 0 aromatic carbocycles. The van der Waals surface area contributed by atoms with Crippen LogP contribution < -0.4 is 0 Å². The first-order valence-electron chi connectivity index (χ1n) is 4.21. The molecule has 0 bridgehead atoms. The van der Waals surface area contributed by atoms with Gasteiger partial charge in [0, 0.05) is 29.9 Å². The van der Waals surface area contributed by atoms with Crippen LogP contribution in [0.4, 0.5) is 0 Å². The van der Waals surface area contributed by atoms with Gasteiger partial charge >= 0.3 is 0 Å². The average Bonchev–Trinajstić information content (AvgIpc) is 2.14. The predicted octanol–water partition coefficient (Wildman–Crippen LogP) is 2.07. The van der Waals surface area contributed by atoms with Crippen molar-refractivity contribution < 1.29 is 23.4 Å². The second-order valence-corrected chi connectivity index (χ2v) is 2.88. The maximum Gasteiger partial charge on any atom is 0.0389 e. The maximum atomic E-state index is 10.0. The monoisotopic (exact) mass is 225 g/mol. The van der Waals surface area contributed by atoms with E-state index in [0.29, 0.717) is 12.8 Å². The molecule has 73 valence electrons. The van der Waals surface area contributed by atoms with E-state index in [-0.39, 0.29) is 18.6 Å². The van der Waals surface area contributed by atoms with E-state index in [1.165, 1.54) is 0 Å². The molecule has 0 fully saturated rings. The van der Waals surface area contributed by atoms with Gasteiger partial charge in [-0.25, -0.2) is 0 Å². The Labute approximate surface area is 96.3 Å². The number of nitrogens with zero attached hydrogens (tertiary/aromatic N) is 1. The van der Waals surface area contributed by atoms with E-state index in [0.717, 1.165) is 17.0 Å². The second kappa shape index (κ2) is 6.58. The third-order valence-corrected chi connectivity index (χ3v) is 1.75. The van der Waals surface area contributed by atoms with Gasteiger partial charge in [-0.05, 0) is 31.0 Å². The van der Waals surface area contributed by atoms with Crippen LogP contribution >= 0.6 is 0 Å². The third-order valence-electron chi connectivity index (χ3n) is 1.75. The first-order valence-corrected chi connectivity index (χ1v) is 4.21. The van der Waals surface area contributed by atoms with Crippen molar-refractivity contribution in [3.8, 4) is 0 Å². The summed E-state index contributed by atoms with van der Waals surface area (Å²) in [5, 5.41) is 0. The van der Waals surface area contributed by atoms with Crippen LogP contribution in [0.5, 0.6) is 0 Å². The van der Waals surface area contributed by atoms with E-state index in [4.69, 9.17) is 0 Å². The van der Waals surface area contributed by atoms with E-state index in [1.807, 2.05) is 25.3 Å². The molecule has 0 saturated heterocycles. The molecule has 0 atom stereocenters. The van der Waals surface area contributed by atoms with E-state index < -0.39 is 0 Å². The fourth-order valence-corrected chi connectivity index (χ4v) is 1.19. The Bertz CT molecular complexity index is 323. The zero-order valence-electron chi connectivity index (χ0n) is 8.16. The Morgan fingerprint density at radius 1 is 1.57 bits per heavy atom. The zero-order chi connectivity index (χ0) is 9.68. The summed E-state index contributed by atoms with van der Waals surface area (Å²) in [6.45, 7) is 5.62. The number of rotatable bonds is 4. The molecule has 0 aliphatic carbocycles. The Morgan fingerprint density at radius 3 is 2.86 bits per heavy atom. The van der Waals surface area contributed by atoms with Gasteiger partial charge in [0.15, 0.2) is 0 Å². The van der Waals surface area contributed by atoms with Gasteiger partial charge in [0.2, 0.25) is 0 Å². The largest absolute Gasteiger partial charge is 0.542 e. The number of hydrogen-bond donors (Lipinski definition) is 0. The minimum Gasteiger partial charge on any atom is -0.542 e. The maximum absolute atomic E-state index is 10.0. The number of carbonyl (C=O) groups excluding carboxylic acids is 1. The van der Waals surface area contributed by atoms with Crippen LogP contribution in [0.25, 0.3) is 6.08 Å². The molecule has 14 heavy (non-hydrogen) atoms. The molecule has 3 heteroatoms. The van der Waals surface area contributed by atoms with Crippen molar-refractivity contribution in [2.75, 3.05) is 0 Å². The Kier molecular flexibility index (Phi) is 6.17. The summed E-state index contributed by atoms with van der Waals surface area (Å²) in [5.74, 6) is 0. The van der Waals surface area contributed by atoms with Crippen LogP contribution in [0.15, 0.2) is 18.7 Å². The summed E-state index contributed by atoms with van der Waals surface area (Å²) in [6.07, 6.45) is 4.71. The molecule has 1 aromatic heterocycles. The fraction of sp³-hybridized carbons (Fsp3) is 0.273. The molecule has 0 amide bonds. The Morgan fingerprint density at radius 2 is 2.29 bits per heavy atom. The van der Waals surface area contributed by atoms with Crippen molar-refractivity contribution in [3.63, 3.8) is 0 Å². The van der Waals surface area contributed by atoms with Gasteiger partial charge in [-0.2, -0.15) is 0 Å². The minimum atomic E-state index is 0. The minimum absolute atomic E-state index is 0. The number of hydrogen-bond acceptors (Lipinski definition) is 2. The first kappa shape index (κ1) is 13.1. The fourth-order valence-electron chi connectivity index (χ4n) is 1.19. The molecular weight excluding hydrogens is 213 g/mol. The van der Waals surface area contributed by atoms with Crippen LogP contribution in [0.3, 0.4) is 0 Å². The van der Waals surface area contributed by atoms with Gasteiger partial charge in [0.05, 0.1) is 0 Å². The summed E-state index contributed by atoms with van der Waals surface area (Å²) in [4.78, 5) is 14.3. The van der Waals surface area contributed by atoms with Gasteiger partial charge in [-0.1, -0.05) is 12.7 Å². The van der Waals surface area contributed by atoms with Crippen LogP contribution in [-0.4, -0.2) is 11.3 Å². The first-order chi connectivity index (χ1) is 6.26. The molecule has 2 nitrogen and oxygen atoms in total. The summed E-state index contributed by atoms with van der Waals surface area (Å²) in [5.41, 5.74) is 2.94. The standard InChI is InChI=1S/C11H12NO.V/c1-3-10-7-9(2)12-11(8-10)5-4-6-13;/h3,7-8H,1,4-5H2,2H3;/q-1;. The van der Waals surface area contributed by atoms with E-state index in [2.05, 4.69) is 11.6 Å². The summed E-state index contributed by atoms with van der Waals surface area (Å²) in [7, 11) is 0. The molecule has 1 radical (unpaired) electrons. The molecule has 0 saturated carbocycles. The van der Waals surface area contributed by atoms with Crippen molar-refractivity contribution in [2.45, 2.75) is 19.8 Å². The second-order valence-electron chi connectivity index (χ2n) is 2.88. The molecule has 1 heterocycles. The van der Waals surface area contributed by atoms with Gasteiger partial charge in [0.25, 0.3) is 0 Å². The van der Waals surface area contributed by atoms with Crippen LogP contribution in [0.2, 0.25) is 0 Å². The van der Waals surface area contributed by atoms with Gasteiger partial charge in [0.1, 0.15) is 0 Å². The number of aromatic nitrogens is 1. The molecule has 0 aliphatic rings. The van der Waals surface area contributed by atoms with E-state index >= 15 is 0 Å². The van der Waals surface area contributed by atoms with Crippen molar-refractivity contribution >= 4 is 12.4 Å². The summed E-state index contributed by atoms with van der Waals surface area (Å²) >= 11 is 0. The zero-order valence-corrected chi connectivity index (χ0v) is 9.55. The van der Waals surface area contributed by atoms with Crippen LogP contribution in [-0.2, 0) is 29.8 Å². The van der Waals surface area contributed by atoms with Gasteiger partial charge < -0.3 is 4.79 Å². The molecule has 1 rings (SSSR count). The van der Waals surface area contributed by atoms with Crippen molar-refractivity contribution in [3.05, 3.63) is 35.7 Å². The SMILES string of the molecule is C=Cc1cc(C)nc(CC[C-]=O)c1.[V]. The third kappa shape index (κ3) is 3.90. The van der Waals surface area contributed by atoms with E-state index in [9.17, 15) is 4.79 Å². The van der Waals surface area contributed by atoms with Gasteiger partial charge in [-0.3, -0.25) is 11.3 Å². The topological polar surface area (TPSA) is 30.0 Å². The molecule has 0 N–H and O–H groups in total. The van der Waals surface area contributed by atoms with Crippen molar-refractivity contribution in [1.29, 1.82) is 0 Å². The molecule has 0 spiro atoms. The molecule has 0 unspecified atom stereocenters. The molecular formula is C11H12NOV-. The normalized spacial score (nSPS) is 8.93. The van der Waals surface area contributed by atoms with Crippen LogP contribution in [0.1, 0.15) is 23.4 Å². The van der Waals surface area contributed by atoms with Gasteiger partial charge in [-0.15, -0.1) is 6.42 Å².